The number of benzene rings is 1. The molecular formula is C14H14BrNO3. The van der Waals surface area contributed by atoms with Crippen molar-refractivity contribution in [1.29, 1.82) is 0 Å². The summed E-state index contributed by atoms with van der Waals surface area (Å²) in [6, 6.07) is 11.2. The molecule has 1 aromatic heterocycles. The number of carbonyl (C=O) groups excluding carboxylic acids is 1. The Kier molecular flexibility index (Phi) is 4.63. The van der Waals surface area contributed by atoms with Crippen LogP contribution < -0.4 is 4.74 Å². The summed E-state index contributed by atoms with van der Waals surface area (Å²) in [7, 11) is 1.73. The Morgan fingerprint density at radius 2 is 2.11 bits per heavy atom. The van der Waals surface area contributed by atoms with Crippen molar-refractivity contribution in [1.82, 2.24) is 4.90 Å². The maximum absolute atomic E-state index is 12.0. The van der Waals surface area contributed by atoms with Gasteiger partial charge in [-0.05, 0) is 28.1 Å². The SMILES string of the molecule is CN(CCOc1ccccc1)C(=O)c1coc(Br)c1. The van der Waals surface area contributed by atoms with Crippen LogP contribution in [0.4, 0.5) is 0 Å². The largest absolute Gasteiger partial charge is 0.492 e. The molecule has 1 aromatic carbocycles. The Hall–Kier alpha value is -1.75. The number of nitrogens with zero attached hydrogens (tertiary/aromatic N) is 1. The van der Waals surface area contributed by atoms with Gasteiger partial charge in [-0.2, -0.15) is 0 Å². The summed E-state index contributed by atoms with van der Waals surface area (Å²) in [4.78, 5) is 13.6. The van der Waals surface area contributed by atoms with Crippen LogP contribution in [0.3, 0.4) is 0 Å². The van der Waals surface area contributed by atoms with E-state index in [0.29, 0.717) is 23.4 Å². The summed E-state index contributed by atoms with van der Waals surface area (Å²) < 4.78 is 11.1. The predicted molar refractivity (Wildman–Crippen MR) is 75.3 cm³/mol. The lowest BCUT2D eigenvalue weighted by atomic mass is 10.3. The first kappa shape index (κ1) is 13.7. The molecule has 0 unspecified atom stereocenters. The van der Waals surface area contributed by atoms with Gasteiger partial charge in [-0.3, -0.25) is 4.79 Å². The van der Waals surface area contributed by atoms with Crippen molar-refractivity contribution in [2.45, 2.75) is 0 Å². The third-order valence-electron chi connectivity index (χ3n) is 2.60. The molecule has 0 atom stereocenters. The smallest absolute Gasteiger partial charge is 0.257 e. The highest BCUT2D eigenvalue weighted by molar-refractivity contribution is 9.10. The predicted octanol–water partition coefficient (Wildman–Crippen LogP) is 3.19. The van der Waals surface area contributed by atoms with Crippen molar-refractivity contribution in [3.05, 3.63) is 52.9 Å². The van der Waals surface area contributed by atoms with Crippen LogP contribution in [0.1, 0.15) is 10.4 Å². The number of likely N-dealkylation sites (N-methyl/N-ethyl adjacent to an activating group) is 1. The number of carbonyl (C=O) groups is 1. The monoisotopic (exact) mass is 323 g/mol. The van der Waals surface area contributed by atoms with Crippen LogP contribution in [0.2, 0.25) is 0 Å². The van der Waals surface area contributed by atoms with Gasteiger partial charge >= 0.3 is 0 Å². The maximum atomic E-state index is 12.0. The van der Waals surface area contributed by atoms with E-state index in [1.54, 1.807) is 18.0 Å². The van der Waals surface area contributed by atoms with Crippen molar-refractivity contribution in [3.63, 3.8) is 0 Å². The zero-order chi connectivity index (χ0) is 13.7. The summed E-state index contributed by atoms with van der Waals surface area (Å²) in [5.41, 5.74) is 0.522. The minimum atomic E-state index is -0.0916. The Morgan fingerprint density at radius 3 is 2.74 bits per heavy atom. The van der Waals surface area contributed by atoms with Crippen LogP contribution >= 0.6 is 15.9 Å². The highest BCUT2D eigenvalue weighted by atomic mass is 79.9. The second-order valence-corrected chi connectivity index (χ2v) is 4.81. The van der Waals surface area contributed by atoms with Gasteiger partial charge < -0.3 is 14.1 Å². The average Bonchev–Trinajstić information content (AvgIpc) is 2.85. The minimum Gasteiger partial charge on any atom is -0.492 e. The van der Waals surface area contributed by atoms with E-state index in [2.05, 4.69) is 15.9 Å². The van der Waals surface area contributed by atoms with Crippen LogP contribution in [0.25, 0.3) is 0 Å². The maximum Gasteiger partial charge on any atom is 0.257 e. The number of amides is 1. The topological polar surface area (TPSA) is 42.7 Å². The van der Waals surface area contributed by atoms with Gasteiger partial charge in [0.1, 0.15) is 18.6 Å². The number of halogens is 1. The molecule has 0 aliphatic heterocycles. The first-order chi connectivity index (χ1) is 9.16. The molecule has 1 heterocycles. The second kappa shape index (κ2) is 6.43. The Bertz CT molecular complexity index is 539. The number of hydrogen-bond donors (Lipinski definition) is 0. The van der Waals surface area contributed by atoms with E-state index in [4.69, 9.17) is 9.15 Å². The lowest BCUT2D eigenvalue weighted by Crippen LogP contribution is -2.30. The zero-order valence-electron chi connectivity index (χ0n) is 10.5. The number of hydrogen-bond acceptors (Lipinski definition) is 3. The van der Waals surface area contributed by atoms with Crippen molar-refractivity contribution in [3.8, 4) is 5.75 Å². The fraction of sp³-hybridized carbons (Fsp3) is 0.214. The van der Waals surface area contributed by atoms with E-state index in [9.17, 15) is 4.79 Å². The Labute approximate surface area is 120 Å². The quantitative estimate of drug-likeness (QED) is 0.848. The van der Waals surface area contributed by atoms with Crippen LogP contribution in [0.15, 0.2) is 51.7 Å². The Morgan fingerprint density at radius 1 is 1.37 bits per heavy atom. The molecule has 0 fully saturated rings. The highest BCUT2D eigenvalue weighted by Gasteiger charge is 2.14. The highest BCUT2D eigenvalue weighted by Crippen LogP contribution is 2.15. The van der Waals surface area contributed by atoms with Crippen molar-refractivity contribution < 1.29 is 13.9 Å². The fourth-order valence-electron chi connectivity index (χ4n) is 1.56. The summed E-state index contributed by atoms with van der Waals surface area (Å²) in [6.07, 6.45) is 1.43. The van der Waals surface area contributed by atoms with Crippen molar-refractivity contribution >= 4 is 21.8 Å². The first-order valence-electron chi connectivity index (χ1n) is 5.84. The van der Waals surface area contributed by atoms with Crippen LogP contribution in [0, 0.1) is 0 Å². The van der Waals surface area contributed by atoms with E-state index < -0.39 is 0 Å². The normalized spacial score (nSPS) is 10.2. The lowest BCUT2D eigenvalue weighted by molar-refractivity contribution is 0.0773. The van der Waals surface area contributed by atoms with Gasteiger partial charge in [-0.15, -0.1) is 0 Å². The molecule has 0 N–H and O–H groups in total. The first-order valence-corrected chi connectivity index (χ1v) is 6.63. The van der Waals surface area contributed by atoms with Gasteiger partial charge in [-0.25, -0.2) is 0 Å². The van der Waals surface area contributed by atoms with E-state index in [0.717, 1.165) is 5.75 Å². The zero-order valence-corrected chi connectivity index (χ0v) is 12.1. The number of ether oxygens (including phenoxy) is 1. The lowest BCUT2D eigenvalue weighted by Gasteiger charge is -2.16. The van der Waals surface area contributed by atoms with Gasteiger partial charge in [-0.1, -0.05) is 18.2 Å². The molecular weight excluding hydrogens is 310 g/mol. The molecule has 0 aliphatic rings. The molecule has 0 saturated carbocycles. The second-order valence-electron chi connectivity index (χ2n) is 4.03. The van der Waals surface area contributed by atoms with Crippen molar-refractivity contribution in [2.75, 3.05) is 20.2 Å². The standard InChI is InChI=1S/C14H14BrNO3/c1-16(14(17)11-9-13(15)19-10-11)7-8-18-12-5-3-2-4-6-12/h2-6,9-10H,7-8H2,1H3. The summed E-state index contributed by atoms with van der Waals surface area (Å²) in [6.45, 7) is 0.960. The molecule has 5 heteroatoms. The third-order valence-corrected chi connectivity index (χ3v) is 3.02. The van der Waals surface area contributed by atoms with Gasteiger partial charge in [0.25, 0.3) is 5.91 Å². The fourth-order valence-corrected chi connectivity index (χ4v) is 1.90. The molecule has 19 heavy (non-hydrogen) atoms. The molecule has 0 saturated heterocycles. The average molecular weight is 324 g/mol. The molecule has 4 nitrogen and oxygen atoms in total. The molecule has 0 aliphatic carbocycles. The van der Waals surface area contributed by atoms with Crippen LogP contribution in [-0.4, -0.2) is 31.0 Å². The number of furan rings is 1. The van der Waals surface area contributed by atoms with E-state index in [-0.39, 0.29) is 5.91 Å². The molecule has 0 radical (unpaired) electrons. The number of rotatable bonds is 5. The molecule has 100 valence electrons. The Balaban J connectivity index is 1.81. The van der Waals surface area contributed by atoms with E-state index in [1.807, 2.05) is 30.3 Å². The van der Waals surface area contributed by atoms with E-state index in [1.165, 1.54) is 6.26 Å². The summed E-state index contributed by atoms with van der Waals surface area (Å²) >= 11 is 3.17. The van der Waals surface area contributed by atoms with Gasteiger partial charge in [0.05, 0.1) is 12.1 Å². The van der Waals surface area contributed by atoms with Crippen LogP contribution in [-0.2, 0) is 0 Å². The number of para-hydroxylation sites is 1. The molecule has 2 aromatic rings. The molecule has 0 bridgehead atoms. The molecule has 1 amide bonds. The van der Waals surface area contributed by atoms with Gasteiger partial charge in [0.2, 0.25) is 0 Å². The van der Waals surface area contributed by atoms with Gasteiger partial charge in [0.15, 0.2) is 4.67 Å². The minimum absolute atomic E-state index is 0.0916. The third kappa shape index (κ3) is 3.86. The van der Waals surface area contributed by atoms with Crippen molar-refractivity contribution in [2.24, 2.45) is 0 Å². The van der Waals surface area contributed by atoms with Gasteiger partial charge in [0, 0.05) is 13.1 Å². The molecule has 0 spiro atoms. The molecule has 2 rings (SSSR count). The van der Waals surface area contributed by atoms with Crippen LogP contribution in [0.5, 0.6) is 5.75 Å². The van der Waals surface area contributed by atoms with E-state index >= 15 is 0 Å². The summed E-state index contributed by atoms with van der Waals surface area (Å²) in [5.74, 6) is 0.709. The summed E-state index contributed by atoms with van der Waals surface area (Å²) in [5, 5.41) is 0.